The molecule has 9 heteroatoms. The summed E-state index contributed by atoms with van der Waals surface area (Å²) in [5.74, 6) is 0.577. The number of halogens is 1. The van der Waals surface area contributed by atoms with Crippen LogP contribution in [0.2, 0.25) is 0 Å². The molecule has 1 aliphatic heterocycles. The van der Waals surface area contributed by atoms with Gasteiger partial charge in [-0.2, -0.15) is 0 Å². The van der Waals surface area contributed by atoms with E-state index in [1.54, 1.807) is 24.4 Å². The lowest BCUT2D eigenvalue weighted by atomic mass is 9.96. The highest BCUT2D eigenvalue weighted by molar-refractivity contribution is 5.77. The molecule has 0 saturated carbocycles. The van der Waals surface area contributed by atoms with Crippen molar-refractivity contribution in [3.05, 3.63) is 48.2 Å². The number of imidazole rings is 1. The van der Waals surface area contributed by atoms with Crippen molar-refractivity contribution in [2.24, 2.45) is 5.41 Å². The number of aliphatic hydroxyl groups excluding tert-OH is 1. The van der Waals surface area contributed by atoms with Gasteiger partial charge in [0.15, 0.2) is 5.82 Å². The molecule has 0 radical (unpaired) electrons. The summed E-state index contributed by atoms with van der Waals surface area (Å²) in [5, 5.41) is 12.0. The maximum Gasteiger partial charge on any atom is 0.223 e. The Balaban J connectivity index is 1.73. The maximum atomic E-state index is 13.4. The van der Waals surface area contributed by atoms with E-state index in [-0.39, 0.29) is 17.8 Å². The van der Waals surface area contributed by atoms with Gasteiger partial charge >= 0.3 is 0 Å². The fourth-order valence-electron chi connectivity index (χ4n) is 3.11. The summed E-state index contributed by atoms with van der Waals surface area (Å²) in [4.78, 5) is 16.6. The minimum absolute atomic E-state index is 0.0324. The number of aromatic amines is 1. The van der Waals surface area contributed by atoms with Gasteiger partial charge in [-0.3, -0.25) is 0 Å². The first-order chi connectivity index (χ1) is 14.4. The molecule has 30 heavy (non-hydrogen) atoms. The number of nitrogens with one attached hydrogen (secondary N) is 2. The van der Waals surface area contributed by atoms with Crippen LogP contribution >= 0.6 is 0 Å². The van der Waals surface area contributed by atoms with Crippen LogP contribution in [0.5, 0.6) is 0 Å². The lowest BCUT2D eigenvalue weighted by molar-refractivity contribution is -0.229. The summed E-state index contributed by atoms with van der Waals surface area (Å²) in [6, 6.07) is 7.85. The zero-order valence-electron chi connectivity index (χ0n) is 16.9. The molecule has 0 bridgehead atoms. The highest BCUT2D eigenvalue weighted by atomic mass is 19.1. The molecular weight excluding hydrogens is 389 g/mol. The number of nitrogens with zero attached hydrogens (tertiary/aromatic N) is 3. The molecule has 4 rings (SSSR count). The van der Waals surface area contributed by atoms with E-state index in [1.807, 2.05) is 0 Å². The molecule has 1 fully saturated rings. The average molecular weight is 413 g/mol. The number of ether oxygens (including phenoxy) is 2. The van der Waals surface area contributed by atoms with E-state index >= 15 is 0 Å². The minimum Gasteiger partial charge on any atom is -0.395 e. The van der Waals surface area contributed by atoms with Crippen LogP contribution in [0.3, 0.4) is 0 Å². The average Bonchev–Trinajstić information content (AvgIpc) is 3.18. The highest BCUT2D eigenvalue weighted by Crippen LogP contribution is 2.35. The summed E-state index contributed by atoms with van der Waals surface area (Å²) < 4.78 is 25.2. The van der Waals surface area contributed by atoms with E-state index in [0.29, 0.717) is 48.6 Å². The second-order valence-electron chi connectivity index (χ2n) is 7.89. The van der Waals surface area contributed by atoms with Crippen LogP contribution in [-0.2, 0) is 9.47 Å². The van der Waals surface area contributed by atoms with E-state index in [9.17, 15) is 4.39 Å². The molecule has 0 atom stereocenters. The van der Waals surface area contributed by atoms with Gasteiger partial charge < -0.3 is 24.9 Å². The number of hydrogen-bond donors (Lipinski definition) is 3. The fourth-order valence-corrected chi connectivity index (χ4v) is 3.11. The Morgan fingerprint density at radius 1 is 1.17 bits per heavy atom. The molecule has 2 aromatic heterocycles. The quantitative estimate of drug-likeness (QED) is 0.570. The molecular formula is C21H24FN5O3. The van der Waals surface area contributed by atoms with Gasteiger partial charge in [0.25, 0.3) is 0 Å². The molecule has 0 aliphatic carbocycles. The predicted molar refractivity (Wildman–Crippen MR) is 109 cm³/mol. The van der Waals surface area contributed by atoms with Crippen LogP contribution in [0.15, 0.2) is 36.5 Å². The third-order valence-electron chi connectivity index (χ3n) is 4.62. The summed E-state index contributed by atoms with van der Waals surface area (Å²) in [5.41, 5.74) is 2.51. The summed E-state index contributed by atoms with van der Waals surface area (Å²) in [6.07, 6.45) is 0.993. The van der Waals surface area contributed by atoms with E-state index in [4.69, 9.17) is 19.6 Å². The minimum atomic E-state index is -0.625. The van der Waals surface area contributed by atoms with Crippen molar-refractivity contribution in [1.29, 1.82) is 0 Å². The third kappa shape index (κ3) is 4.48. The number of benzene rings is 1. The predicted octanol–water partition coefficient (Wildman–Crippen LogP) is 3.15. The molecule has 0 spiro atoms. The van der Waals surface area contributed by atoms with Gasteiger partial charge in [-0.1, -0.05) is 13.8 Å². The zero-order chi connectivity index (χ0) is 21.1. The first kappa shape index (κ1) is 20.4. The number of aromatic nitrogens is 4. The van der Waals surface area contributed by atoms with Gasteiger partial charge in [-0.25, -0.2) is 19.3 Å². The molecule has 3 heterocycles. The second kappa shape index (κ2) is 8.47. The molecule has 8 nitrogen and oxygen atoms in total. The van der Waals surface area contributed by atoms with Crippen LogP contribution < -0.4 is 5.32 Å². The Morgan fingerprint density at radius 2 is 1.90 bits per heavy atom. The van der Waals surface area contributed by atoms with E-state index < -0.39 is 6.29 Å². The number of aliphatic hydroxyl groups is 1. The topological polar surface area (TPSA) is 105 Å². The standard InChI is InChI=1S/C21H24FN5O3/c1-21(2)11-29-19(30-12-21)18-26-16(13-3-5-14(22)6-4-13)17(27-18)15-7-8-23-20(25-15)24-9-10-28/h3-8,19,28H,9-12H2,1-2H3,(H,26,27)(H,23,24,25). The molecule has 0 amide bonds. The van der Waals surface area contributed by atoms with Crippen LogP contribution in [-0.4, -0.2) is 51.4 Å². The van der Waals surface area contributed by atoms with Gasteiger partial charge in [0.05, 0.1) is 36.9 Å². The molecule has 3 aromatic rings. The summed E-state index contributed by atoms with van der Waals surface area (Å²) in [6.45, 7) is 5.53. The Hall–Kier alpha value is -2.88. The van der Waals surface area contributed by atoms with Gasteiger partial charge in [0.2, 0.25) is 12.2 Å². The molecule has 1 aliphatic rings. The second-order valence-corrected chi connectivity index (χ2v) is 7.89. The van der Waals surface area contributed by atoms with E-state index in [1.165, 1.54) is 12.1 Å². The van der Waals surface area contributed by atoms with E-state index in [2.05, 4.69) is 34.1 Å². The van der Waals surface area contributed by atoms with Crippen molar-refractivity contribution in [2.75, 3.05) is 31.7 Å². The molecule has 1 saturated heterocycles. The number of anilines is 1. The Kier molecular flexibility index (Phi) is 5.76. The molecule has 3 N–H and O–H groups in total. The molecule has 0 unspecified atom stereocenters. The van der Waals surface area contributed by atoms with Crippen molar-refractivity contribution < 1.29 is 19.0 Å². The number of rotatable bonds is 6. The van der Waals surface area contributed by atoms with Gasteiger partial charge in [0, 0.05) is 23.7 Å². The first-order valence-electron chi connectivity index (χ1n) is 9.72. The van der Waals surface area contributed by atoms with Crippen LogP contribution in [0.1, 0.15) is 26.0 Å². The van der Waals surface area contributed by atoms with Crippen molar-refractivity contribution in [3.63, 3.8) is 0 Å². The van der Waals surface area contributed by atoms with Gasteiger partial charge in [-0.15, -0.1) is 0 Å². The van der Waals surface area contributed by atoms with Gasteiger partial charge in [-0.05, 0) is 30.3 Å². The normalized spacial score (nSPS) is 16.5. The Labute approximate surface area is 173 Å². The van der Waals surface area contributed by atoms with Crippen molar-refractivity contribution in [2.45, 2.75) is 20.1 Å². The lowest BCUT2D eigenvalue weighted by Crippen LogP contribution is -2.34. The zero-order valence-corrected chi connectivity index (χ0v) is 16.9. The first-order valence-corrected chi connectivity index (χ1v) is 9.72. The fraction of sp³-hybridized carbons (Fsp3) is 0.381. The molecule has 1 aromatic carbocycles. The van der Waals surface area contributed by atoms with Crippen LogP contribution in [0.25, 0.3) is 22.6 Å². The lowest BCUT2D eigenvalue weighted by Gasteiger charge is -2.33. The highest BCUT2D eigenvalue weighted by Gasteiger charge is 2.32. The van der Waals surface area contributed by atoms with Crippen molar-refractivity contribution >= 4 is 5.95 Å². The Morgan fingerprint density at radius 3 is 2.60 bits per heavy atom. The van der Waals surface area contributed by atoms with Gasteiger partial charge in [0.1, 0.15) is 5.82 Å². The van der Waals surface area contributed by atoms with Crippen molar-refractivity contribution in [1.82, 2.24) is 19.9 Å². The summed E-state index contributed by atoms with van der Waals surface area (Å²) in [7, 11) is 0. The smallest absolute Gasteiger partial charge is 0.223 e. The summed E-state index contributed by atoms with van der Waals surface area (Å²) >= 11 is 0. The largest absolute Gasteiger partial charge is 0.395 e. The monoisotopic (exact) mass is 413 g/mol. The Bertz CT molecular complexity index is 996. The van der Waals surface area contributed by atoms with E-state index in [0.717, 1.165) is 5.56 Å². The number of hydrogen-bond acceptors (Lipinski definition) is 7. The van der Waals surface area contributed by atoms with Crippen LogP contribution in [0, 0.1) is 11.2 Å². The number of H-pyrrole nitrogens is 1. The van der Waals surface area contributed by atoms with Crippen molar-refractivity contribution in [3.8, 4) is 22.6 Å². The SMILES string of the molecule is CC1(C)COC(c2nc(-c3ccc(F)cc3)c(-c3ccnc(NCCO)n3)[nH]2)OC1. The third-order valence-corrected chi connectivity index (χ3v) is 4.62. The molecule has 158 valence electrons. The maximum absolute atomic E-state index is 13.4. The van der Waals surface area contributed by atoms with Crippen LogP contribution in [0.4, 0.5) is 10.3 Å².